The lowest BCUT2D eigenvalue weighted by Crippen LogP contribution is -2.23. The van der Waals surface area contributed by atoms with Crippen molar-refractivity contribution in [1.82, 2.24) is 10.3 Å². The van der Waals surface area contributed by atoms with Gasteiger partial charge in [-0.2, -0.15) is 0 Å². The van der Waals surface area contributed by atoms with Crippen molar-refractivity contribution in [2.24, 2.45) is 0 Å². The lowest BCUT2D eigenvalue weighted by molar-refractivity contribution is -0.114. The van der Waals surface area contributed by atoms with Crippen molar-refractivity contribution in [3.8, 4) is 11.3 Å². The van der Waals surface area contributed by atoms with Gasteiger partial charge < -0.3 is 10.6 Å². The Labute approximate surface area is 178 Å². The number of hydrogen-bond acceptors (Lipinski definition) is 3. The quantitative estimate of drug-likeness (QED) is 0.487. The number of anilines is 1. The molecule has 0 unspecified atom stereocenters. The lowest BCUT2D eigenvalue weighted by Gasteiger charge is -2.11. The number of rotatable bonds is 5. The summed E-state index contributed by atoms with van der Waals surface area (Å²) in [6.07, 6.45) is 0. The van der Waals surface area contributed by atoms with Crippen LogP contribution in [0.3, 0.4) is 0 Å². The van der Waals surface area contributed by atoms with Crippen molar-refractivity contribution in [3.63, 3.8) is 0 Å². The van der Waals surface area contributed by atoms with Crippen LogP contribution in [0.4, 0.5) is 10.1 Å². The topological polar surface area (TPSA) is 71.1 Å². The van der Waals surface area contributed by atoms with Gasteiger partial charge in [0.05, 0.1) is 16.8 Å². The third kappa shape index (κ3) is 4.75. The Kier molecular flexibility index (Phi) is 5.71. The molecule has 0 saturated carbocycles. The van der Waals surface area contributed by atoms with E-state index in [0.717, 1.165) is 16.5 Å². The smallest absolute Gasteiger partial charge is 0.252 e. The Balaban J connectivity index is 1.65. The lowest BCUT2D eigenvalue weighted by atomic mass is 10.0. The monoisotopic (exact) mass is 413 g/mol. The summed E-state index contributed by atoms with van der Waals surface area (Å²) in [6, 6.07) is 22.5. The van der Waals surface area contributed by atoms with E-state index in [1.54, 1.807) is 30.3 Å². The predicted octanol–water partition coefficient (Wildman–Crippen LogP) is 4.93. The third-order valence-corrected chi connectivity index (χ3v) is 4.83. The standard InChI is InChI=1S/C25H20FN3O2/c1-16(30)28-20-12-8-18(9-13-20)24-14-22(21-4-2-3-5-23(21)29-24)25(31)27-15-17-6-10-19(26)11-7-17/h2-14H,15H2,1H3,(H,27,31)(H,28,30). The molecule has 0 saturated heterocycles. The van der Waals surface area contributed by atoms with Crippen LogP contribution in [0.25, 0.3) is 22.2 Å². The van der Waals surface area contributed by atoms with Crippen LogP contribution < -0.4 is 10.6 Å². The van der Waals surface area contributed by atoms with Crippen LogP contribution >= 0.6 is 0 Å². The molecular formula is C25H20FN3O2. The predicted molar refractivity (Wildman–Crippen MR) is 119 cm³/mol. The van der Waals surface area contributed by atoms with Gasteiger partial charge in [-0.15, -0.1) is 0 Å². The molecule has 0 aliphatic heterocycles. The number of carbonyl (C=O) groups is 2. The Morgan fingerprint density at radius 1 is 0.935 bits per heavy atom. The van der Waals surface area contributed by atoms with Crippen LogP contribution in [0.15, 0.2) is 78.9 Å². The molecule has 0 fully saturated rings. The molecule has 0 radical (unpaired) electrons. The summed E-state index contributed by atoms with van der Waals surface area (Å²) in [5.74, 6) is -0.694. The first-order valence-electron chi connectivity index (χ1n) is 9.80. The van der Waals surface area contributed by atoms with Crippen molar-refractivity contribution in [2.75, 3.05) is 5.32 Å². The van der Waals surface area contributed by atoms with Gasteiger partial charge in [-0.25, -0.2) is 9.37 Å². The summed E-state index contributed by atoms with van der Waals surface area (Å²) < 4.78 is 13.1. The average Bonchev–Trinajstić information content (AvgIpc) is 2.78. The zero-order valence-electron chi connectivity index (χ0n) is 16.9. The highest BCUT2D eigenvalue weighted by atomic mass is 19.1. The van der Waals surface area contributed by atoms with Crippen LogP contribution in [0.1, 0.15) is 22.8 Å². The summed E-state index contributed by atoms with van der Waals surface area (Å²) in [6.45, 7) is 1.74. The fraction of sp³-hybridized carbons (Fsp3) is 0.0800. The van der Waals surface area contributed by atoms with E-state index >= 15 is 0 Å². The highest BCUT2D eigenvalue weighted by Gasteiger charge is 2.14. The summed E-state index contributed by atoms with van der Waals surface area (Å²) >= 11 is 0. The number of carbonyl (C=O) groups excluding carboxylic acids is 2. The van der Waals surface area contributed by atoms with Gasteiger partial charge in [-0.05, 0) is 42.0 Å². The SMILES string of the molecule is CC(=O)Nc1ccc(-c2cc(C(=O)NCc3ccc(F)cc3)c3ccccc3n2)cc1. The second-order valence-corrected chi connectivity index (χ2v) is 7.14. The van der Waals surface area contributed by atoms with Crippen LogP contribution in [-0.4, -0.2) is 16.8 Å². The van der Waals surface area contributed by atoms with Crippen molar-refractivity contribution in [1.29, 1.82) is 0 Å². The molecule has 4 aromatic rings. The molecule has 2 N–H and O–H groups in total. The number of fused-ring (bicyclic) bond motifs is 1. The van der Waals surface area contributed by atoms with Crippen molar-refractivity contribution < 1.29 is 14.0 Å². The summed E-state index contributed by atoms with van der Waals surface area (Å²) in [4.78, 5) is 28.9. The molecule has 5 nitrogen and oxygen atoms in total. The zero-order chi connectivity index (χ0) is 21.8. The van der Waals surface area contributed by atoms with Gasteiger partial charge in [-0.1, -0.05) is 42.5 Å². The largest absolute Gasteiger partial charge is 0.348 e. The fourth-order valence-electron chi connectivity index (χ4n) is 3.32. The minimum absolute atomic E-state index is 0.142. The number of pyridine rings is 1. The van der Waals surface area contributed by atoms with Crippen molar-refractivity contribution in [2.45, 2.75) is 13.5 Å². The molecule has 31 heavy (non-hydrogen) atoms. The number of aromatic nitrogens is 1. The van der Waals surface area contributed by atoms with Gasteiger partial charge in [0.2, 0.25) is 5.91 Å². The number of para-hydroxylation sites is 1. The second-order valence-electron chi connectivity index (χ2n) is 7.14. The van der Waals surface area contributed by atoms with Gasteiger partial charge in [-0.3, -0.25) is 9.59 Å². The van der Waals surface area contributed by atoms with Gasteiger partial charge >= 0.3 is 0 Å². The molecule has 0 atom stereocenters. The molecule has 0 bridgehead atoms. The van der Waals surface area contributed by atoms with Crippen LogP contribution in [0.5, 0.6) is 0 Å². The number of nitrogens with zero attached hydrogens (tertiary/aromatic N) is 1. The number of benzene rings is 3. The first-order valence-corrected chi connectivity index (χ1v) is 9.80. The molecule has 0 spiro atoms. The van der Waals surface area contributed by atoms with E-state index in [2.05, 4.69) is 10.6 Å². The van der Waals surface area contributed by atoms with E-state index in [0.29, 0.717) is 22.5 Å². The molecule has 2 amide bonds. The zero-order valence-corrected chi connectivity index (χ0v) is 16.9. The molecule has 0 aliphatic carbocycles. The van der Waals surface area contributed by atoms with E-state index < -0.39 is 0 Å². The minimum Gasteiger partial charge on any atom is -0.348 e. The van der Waals surface area contributed by atoms with E-state index in [1.165, 1.54) is 19.1 Å². The fourth-order valence-corrected chi connectivity index (χ4v) is 3.32. The maximum absolute atomic E-state index is 13.1. The number of nitrogens with one attached hydrogen (secondary N) is 2. The van der Waals surface area contributed by atoms with Gasteiger partial charge in [0, 0.05) is 30.1 Å². The number of amides is 2. The maximum atomic E-state index is 13.1. The molecule has 6 heteroatoms. The van der Waals surface area contributed by atoms with E-state index in [-0.39, 0.29) is 24.2 Å². The Morgan fingerprint density at radius 2 is 1.65 bits per heavy atom. The molecule has 1 heterocycles. The van der Waals surface area contributed by atoms with Gasteiger partial charge in [0.25, 0.3) is 5.91 Å². The summed E-state index contributed by atoms with van der Waals surface area (Å²) in [7, 11) is 0. The van der Waals surface area contributed by atoms with Crippen molar-refractivity contribution >= 4 is 28.4 Å². The Hall–Kier alpha value is -4.06. The van der Waals surface area contributed by atoms with Crippen LogP contribution in [-0.2, 0) is 11.3 Å². The highest BCUT2D eigenvalue weighted by Crippen LogP contribution is 2.26. The highest BCUT2D eigenvalue weighted by molar-refractivity contribution is 6.07. The normalized spacial score (nSPS) is 10.6. The Bertz CT molecular complexity index is 1250. The van der Waals surface area contributed by atoms with E-state index in [1.807, 2.05) is 36.4 Å². The molecular weight excluding hydrogens is 393 g/mol. The van der Waals surface area contributed by atoms with Crippen LogP contribution in [0, 0.1) is 5.82 Å². The molecule has 154 valence electrons. The van der Waals surface area contributed by atoms with Crippen molar-refractivity contribution in [3.05, 3.63) is 95.8 Å². The first-order chi connectivity index (χ1) is 15.0. The summed E-state index contributed by atoms with van der Waals surface area (Å²) in [5, 5.41) is 6.38. The van der Waals surface area contributed by atoms with Gasteiger partial charge in [0.1, 0.15) is 5.82 Å². The molecule has 4 rings (SSSR count). The molecule has 0 aliphatic rings. The Morgan fingerprint density at radius 3 is 2.35 bits per heavy atom. The molecule has 1 aromatic heterocycles. The van der Waals surface area contributed by atoms with E-state index in [4.69, 9.17) is 4.98 Å². The first kappa shape index (κ1) is 20.2. The second kappa shape index (κ2) is 8.75. The minimum atomic E-state index is -0.315. The van der Waals surface area contributed by atoms with E-state index in [9.17, 15) is 14.0 Å². The summed E-state index contributed by atoms with van der Waals surface area (Å²) in [5.41, 5.74) is 4.19. The molecule has 3 aromatic carbocycles. The number of halogens is 1. The third-order valence-electron chi connectivity index (χ3n) is 4.83. The van der Waals surface area contributed by atoms with Crippen LogP contribution in [0.2, 0.25) is 0 Å². The maximum Gasteiger partial charge on any atom is 0.252 e. The number of hydrogen-bond donors (Lipinski definition) is 2. The average molecular weight is 413 g/mol. The van der Waals surface area contributed by atoms with Gasteiger partial charge in [0.15, 0.2) is 0 Å².